The molecule has 3 aromatic carbocycles. The Morgan fingerprint density at radius 3 is 2.18 bits per heavy atom. The van der Waals surface area contributed by atoms with Gasteiger partial charge in [0.15, 0.2) is 6.10 Å². The highest BCUT2D eigenvalue weighted by molar-refractivity contribution is 5.84. The third-order valence-corrected chi connectivity index (χ3v) is 4.72. The molecule has 0 saturated carbocycles. The van der Waals surface area contributed by atoms with Crippen molar-refractivity contribution >= 4 is 17.7 Å². The number of amides is 1. The van der Waals surface area contributed by atoms with Crippen LogP contribution in [0.1, 0.15) is 24.5 Å². The summed E-state index contributed by atoms with van der Waals surface area (Å²) in [4.78, 5) is 23.5. The Kier molecular flexibility index (Phi) is 8.48. The molecule has 0 fully saturated rings. The van der Waals surface area contributed by atoms with Gasteiger partial charge in [0.25, 0.3) is 0 Å². The van der Waals surface area contributed by atoms with Crippen molar-refractivity contribution in [3.8, 4) is 11.5 Å². The molecule has 0 saturated heterocycles. The van der Waals surface area contributed by atoms with Gasteiger partial charge in [-0.3, -0.25) is 5.32 Å². The second-order valence-electron chi connectivity index (χ2n) is 7.20. The predicted molar refractivity (Wildman–Crippen MR) is 124 cm³/mol. The molecule has 2 atom stereocenters. The largest absolute Gasteiger partial charge is 0.508 e. The van der Waals surface area contributed by atoms with Crippen LogP contribution in [-0.4, -0.2) is 28.4 Å². The number of carbonyl (C=O) groups is 2. The molecule has 0 radical (unpaired) electrons. The minimum Gasteiger partial charge on any atom is -0.508 e. The first-order chi connectivity index (χ1) is 16.0. The second-order valence-corrected chi connectivity index (χ2v) is 7.20. The molecule has 3 aromatic rings. The zero-order chi connectivity index (χ0) is 23.5. The fourth-order valence-corrected chi connectivity index (χ4v) is 3.20. The number of phenolic OH excluding ortho intramolecular Hbond substituents is 1. The zero-order valence-corrected chi connectivity index (χ0v) is 17.8. The van der Waals surface area contributed by atoms with Crippen molar-refractivity contribution in [3.63, 3.8) is 0 Å². The molecule has 1 amide bonds. The number of carboxylic acid groups (broad SMARTS) is 1. The van der Waals surface area contributed by atoms with E-state index >= 15 is 0 Å². The zero-order valence-electron chi connectivity index (χ0n) is 17.8. The Bertz CT molecular complexity index is 1050. The number of hydrogen-bond acceptors (Lipinski definition) is 5. The maximum Gasteiger partial charge on any atom is 0.412 e. The number of anilines is 1. The predicted octanol–water partition coefficient (Wildman–Crippen LogP) is 5.55. The maximum atomic E-state index is 12.7. The summed E-state index contributed by atoms with van der Waals surface area (Å²) in [6.07, 6.45) is 1.25. The lowest BCUT2D eigenvalue weighted by atomic mass is 10.00. The number of ether oxygens (including phenoxy) is 2. The molecule has 0 aliphatic rings. The molecule has 7 heteroatoms. The van der Waals surface area contributed by atoms with E-state index in [4.69, 9.17) is 14.6 Å². The number of aliphatic carboxylic acids is 1. The van der Waals surface area contributed by atoms with E-state index in [1.165, 1.54) is 18.2 Å². The summed E-state index contributed by atoms with van der Waals surface area (Å²) in [6, 6.07) is 24.3. The van der Waals surface area contributed by atoms with E-state index in [0.29, 0.717) is 29.8 Å². The molecule has 0 aliphatic carbocycles. The number of aromatic hydroxyl groups is 1. The Hall–Kier alpha value is -4.26. The van der Waals surface area contributed by atoms with Crippen LogP contribution in [0, 0.1) is 0 Å². The number of carbonyl (C=O) groups excluding carboxylic acids is 1. The summed E-state index contributed by atoms with van der Waals surface area (Å²) in [5, 5.41) is 21.3. The summed E-state index contributed by atoms with van der Waals surface area (Å²) in [7, 11) is 0. The summed E-state index contributed by atoms with van der Waals surface area (Å²) in [6.45, 7) is 0. The molecule has 0 bridgehead atoms. The molecule has 0 aliphatic heterocycles. The quantitative estimate of drug-likeness (QED) is 0.352. The van der Waals surface area contributed by atoms with Crippen molar-refractivity contribution < 1.29 is 29.3 Å². The van der Waals surface area contributed by atoms with Crippen LogP contribution >= 0.6 is 0 Å². The van der Waals surface area contributed by atoms with E-state index < -0.39 is 24.3 Å². The molecule has 0 spiro atoms. The van der Waals surface area contributed by atoms with Crippen molar-refractivity contribution in [2.75, 3.05) is 5.32 Å². The van der Waals surface area contributed by atoms with Crippen LogP contribution in [0.15, 0.2) is 97.1 Å². The smallest absolute Gasteiger partial charge is 0.412 e. The minimum absolute atomic E-state index is 0.0798. The number of carboxylic acids is 1. The molecule has 0 heterocycles. The van der Waals surface area contributed by atoms with Crippen LogP contribution in [0.3, 0.4) is 0 Å². The van der Waals surface area contributed by atoms with Gasteiger partial charge in [0.2, 0.25) is 0 Å². The van der Waals surface area contributed by atoms with Gasteiger partial charge < -0.3 is 19.7 Å². The number of nitrogens with one attached hydrogen (secondary N) is 1. The topological polar surface area (TPSA) is 105 Å². The lowest BCUT2D eigenvalue weighted by molar-refractivity contribution is -0.131. The molecular formula is C26H25NO6. The molecule has 170 valence electrons. The number of hydrogen-bond donors (Lipinski definition) is 3. The number of phenols is 1. The monoisotopic (exact) mass is 447 g/mol. The maximum absolute atomic E-state index is 12.7. The highest BCUT2D eigenvalue weighted by atomic mass is 16.6. The van der Waals surface area contributed by atoms with E-state index in [2.05, 4.69) is 5.32 Å². The Balaban J connectivity index is 1.86. The Morgan fingerprint density at radius 2 is 1.55 bits per heavy atom. The van der Waals surface area contributed by atoms with Gasteiger partial charge in [-0.05, 0) is 54.8 Å². The average Bonchev–Trinajstić information content (AvgIpc) is 2.81. The van der Waals surface area contributed by atoms with Gasteiger partial charge in [-0.25, -0.2) is 9.59 Å². The van der Waals surface area contributed by atoms with Gasteiger partial charge in [0.1, 0.15) is 17.6 Å². The summed E-state index contributed by atoms with van der Waals surface area (Å²) >= 11 is 0. The first-order valence-electron chi connectivity index (χ1n) is 10.4. The molecule has 0 unspecified atom stereocenters. The highest BCUT2D eigenvalue weighted by Gasteiger charge is 2.29. The van der Waals surface area contributed by atoms with E-state index in [9.17, 15) is 14.7 Å². The lowest BCUT2D eigenvalue weighted by Crippen LogP contribution is -2.31. The summed E-state index contributed by atoms with van der Waals surface area (Å²) in [5.74, 6) is -0.374. The van der Waals surface area contributed by atoms with Crippen molar-refractivity contribution in [3.05, 3.63) is 103 Å². The Morgan fingerprint density at radius 1 is 0.909 bits per heavy atom. The van der Waals surface area contributed by atoms with Crippen molar-refractivity contribution in [1.82, 2.24) is 0 Å². The van der Waals surface area contributed by atoms with E-state index in [1.54, 1.807) is 48.5 Å². The normalized spacial score (nSPS) is 12.6. The number of benzene rings is 3. The van der Waals surface area contributed by atoms with Gasteiger partial charge in [0.05, 0.1) is 0 Å². The van der Waals surface area contributed by atoms with Crippen LogP contribution in [0.25, 0.3) is 0 Å². The molecule has 3 rings (SSSR count). The van der Waals surface area contributed by atoms with Gasteiger partial charge in [-0.1, -0.05) is 54.6 Å². The number of allylic oxidation sites excluding steroid dienone is 1. The van der Waals surface area contributed by atoms with Gasteiger partial charge >= 0.3 is 12.1 Å². The SMILES string of the molecule is O=C(O)/C=C/CC[C@@H](Oc1ccccc1)[C@H](OC(=O)Nc1ccccc1)c1ccc(O)cc1. The van der Waals surface area contributed by atoms with Gasteiger partial charge in [0, 0.05) is 11.8 Å². The van der Waals surface area contributed by atoms with Gasteiger partial charge in [-0.2, -0.15) is 0 Å². The first kappa shape index (κ1) is 23.4. The molecule has 0 aromatic heterocycles. The fourth-order valence-electron chi connectivity index (χ4n) is 3.20. The third kappa shape index (κ3) is 7.74. The first-order valence-corrected chi connectivity index (χ1v) is 10.4. The number of rotatable bonds is 10. The summed E-state index contributed by atoms with van der Waals surface area (Å²) in [5.41, 5.74) is 1.20. The lowest BCUT2D eigenvalue weighted by Gasteiger charge is -2.28. The standard InChI is InChI=1S/C26H25NO6/c28-21-17-15-19(16-18-21)25(33-26(31)27-20-9-3-1-4-10-20)23(13-7-8-14-24(29)30)32-22-11-5-2-6-12-22/h1-6,8-12,14-18,23,25,28H,7,13H2,(H,27,31)(H,29,30)/b14-8+/t23-,25-/m1/s1. The molecule has 7 nitrogen and oxygen atoms in total. The molecular weight excluding hydrogens is 422 g/mol. The number of para-hydroxylation sites is 2. The van der Waals surface area contributed by atoms with E-state index in [-0.39, 0.29) is 5.75 Å². The van der Waals surface area contributed by atoms with Crippen LogP contribution in [-0.2, 0) is 9.53 Å². The highest BCUT2D eigenvalue weighted by Crippen LogP contribution is 2.30. The second kappa shape index (κ2) is 12.0. The van der Waals surface area contributed by atoms with Crippen LogP contribution in [0.4, 0.5) is 10.5 Å². The van der Waals surface area contributed by atoms with Crippen LogP contribution in [0.5, 0.6) is 11.5 Å². The van der Waals surface area contributed by atoms with E-state index in [0.717, 1.165) is 6.08 Å². The van der Waals surface area contributed by atoms with Crippen LogP contribution in [0.2, 0.25) is 0 Å². The van der Waals surface area contributed by atoms with Crippen LogP contribution < -0.4 is 10.1 Å². The van der Waals surface area contributed by atoms with Gasteiger partial charge in [-0.15, -0.1) is 0 Å². The fraction of sp³-hybridized carbons (Fsp3) is 0.154. The molecule has 33 heavy (non-hydrogen) atoms. The van der Waals surface area contributed by atoms with Crippen molar-refractivity contribution in [1.29, 1.82) is 0 Å². The average molecular weight is 447 g/mol. The van der Waals surface area contributed by atoms with Crippen molar-refractivity contribution in [2.24, 2.45) is 0 Å². The Labute approximate surface area is 191 Å². The summed E-state index contributed by atoms with van der Waals surface area (Å²) < 4.78 is 12.0. The van der Waals surface area contributed by atoms with Crippen molar-refractivity contribution in [2.45, 2.75) is 25.0 Å². The molecule has 3 N–H and O–H groups in total. The van der Waals surface area contributed by atoms with E-state index in [1.807, 2.05) is 24.3 Å². The third-order valence-electron chi connectivity index (χ3n) is 4.72. The minimum atomic E-state index is -1.04.